The fraction of sp³-hybridized carbons (Fsp3) is 0.800. The van der Waals surface area contributed by atoms with Crippen LogP contribution < -0.4 is 5.32 Å². The second-order valence-electron chi connectivity index (χ2n) is 15.1. The SMILES string of the molecule is C[C@H](CCC(=O)OC1(c2ccccc2)CC[NH2+]CC1)[C@H]1CC[C@H]2[C@@H]3CC[C@@H]4CC(O)CC[C@]4(C)[C@H]3CC(O)[C@]12C. The van der Waals surface area contributed by atoms with Crippen LogP contribution in [0.15, 0.2) is 30.3 Å². The predicted octanol–water partition coefficient (Wildman–Crippen LogP) is 5.19. The van der Waals surface area contributed by atoms with Crippen LogP contribution in [0, 0.1) is 46.3 Å². The molecule has 1 aliphatic heterocycles. The fourth-order valence-corrected chi connectivity index (χ4v) is 11.1. The minimum atomic E-state index is -0.487. The first kappa shape index (κ1) is 28.7. The summed E-state index contributed by atoms with van der Waals surface area (Å²) in [6, 6.07) is 10.3. The summed E-state index contributed by atoms with van der Waals surface area (Å²) in [5.74, 6) is 3.23. The summed E-state index contributed by atoms with van der Waals surface area (Å²) < 4.78 is 6.34. The highest BCUT2D eigenvalue weighted by atomic mass is 16.6. The fourth-order valence-electron chi connectivity index (χ4n) is 11.1. The monoisotopic (exact) mass is 552 g/mol. The van der Waals surface area contributed by atoms with Gasteiger partial charge in [0.25, 0.3) is 0 Å². The number of fused-ring (bicyclic) bond motifs is 5. The number of esters is 1. The third-order valence-electron chi connectivity index (χ3n) is 13.4. The average Bonchev–Trinajstić information content (AvgIpc) is 3.32. The first-order valence-corrected chi connectivity index (χ1v) is 16.6. The molecular formula is C35H54NO4+. The lowest BCUT2D eigenvalue weighted by Crippen LogP contribution is -2.87. The number of rotatable bonds is 6. The van der Waals surface area contributed by atoms with Crippen molar-refractivity contribution in [1.82, 2.24) is 0 Å². The number of nitrogens with two attached hydrogens (primary N) is 1. The molecule has 4 saturated carbocycles. The van der Waals surface area contributed by atoms with Crippen molar-refractivity contribution in [3.8, 4) is 0 Å². The Morgan fingerprint density at radius 3 is 2.48 bits per heavy atom. The lowest BCUT2D eigenvalue weighted by Gasteiger charge is -2.62. The van der Waals surface area contributed by atoms with Gasteiger partial charge in [-0.1, -0.05) is 51.1 Å². The van der Waals surface area contributed by atoms with E-state index in [0.29, 0.717) is 41.9 Å². The quantitative estimate of drug-likeness (QED) is 0.424. The van der Waals surface area contributed by atoms with Gasteiger partial charge in [-0.3, -0.25) is 4.79 Å². The summed E-state index contributed by atoms with van der Waals surface area (Å²) in [7, 11) is 0. The molecule has 10 atom stereocenters. The van der Waals surface area contributed by atoms with E-state index in [-0.39, 0.29) is 29.0 Å². The highest BCUT2D eigenvalue weighted by Gasteiger charge is 2.63. The smallest absolute Gasteiger partial charge is 0.306 e. The van der Waals surface area contributed by atoms with Gasteiger partial charge in [0.1, 0.15) is 5.60 Å². The van der Waals surface area contributed by atoms with Crippen molar-refractivity contribution in [3.63, 3.8) is 0 Å². The van der Waals surface area contributed by atoms with E-state index < -0.39 is 5.60 Å². The summed E-state index contributed by atoms with van der Waals surface area (Å²) in [5.41, 5.74) is 0.848. The number of piperidine rings is 1. The molecule has 5 heteroatoms. The maximum absolute atomic E-state index is 13.3. The van der Waals surface area contributed by atoms with Gasteiger partial charge in [0.2, 0.25) is 0 Å². The Balaban J connectivity index is 1.11. The molecule has 1 aromatic rings. The normalized spacial score (nSPS) is 43.2. The lowest BCUT2D eigenvalue weighted by molar-refractivity contribution is -0.668. The Morgan fingerprint density at radius 2 is 1.73 bits per heavy atom. The van der Waals surface area contributed by atoms with Crippen LogP contribution >= 0.6 is 0 Å². The van der Waals surface area contributed by atoms with Crippen LogP contribution in [0.2, 0.25) is 0 Å². The van der Waals surface area contributed by atoms with Crippen LogP contribution in [-0.4, -0.2) is 41.5 Å². The van der Waals surface area contributed by atoms with Gasteiger partial charge in [0.15, 0.2) is 0 Å². The molecule has 0 spiro atoms. The Hall–Kier alpha value is -1.43. The van der Waals surface area contributed by atoms with Crippen molar-refractivity contribution in [2.75, 3.05) is 13.1 Å². The first-order valence-electron chi connectivity index (χ1n) is 16.6. The van der Waals surface area contributed by atoms with Gasteiger partial charge in [0, 0.05) is 19.3 Å². The summed E-state index contributed by atoms with van der Waals surface area (Å²) in [6.45, 7) is 9.19. The molecule has 40 heavy (non-hydrogen) atoms. The second-order valence-corrected chi connectivity index (χ2v) is 15.1. The van der Waals surface area contributed by atoms with Crippen LogP contribution in [0.4, 0.5) is 0 Å². The molecule has 5 nitrogen and oxygen atoms in total. The van der Waals surface area contributed by atoms with Crippen molar-refractivity contribution >= 4 is 5.97 Å². The topological polar surface area (TPSA) is 83.4 Å². The van der Waals surface area contributed by atoms with Crippen molar-refractivity contribution < 1.29 is 25.1 Å². The second kappa shape index (κ2) is 11.0. The lowest BCUT2D eigenvalue weighted by atomic mass is 9.43. The number of aliphatic hydroxyl groups is 2. The number of quaternary nitrogens is 1. The molecule has 4 aliphatic carbocycles. The van der Waals surface area contributed by atoms with Crippen LogP contribution in [0.25, 0.3) is 0 Å². The van der Waals surface area contributed by atoms with Crippen LogP contribution in [0.3, 0.4) is 0 Å². The van der Waals surface area contributed by atoms with Gasteiger partial charge in [-0.05, 0) is 110 Å². The number of ether oxygens (including phenoxy) is 1. The maximum Gasteiger partial charge on any atom is 0.306 e. The van der Waals surface area contributed by atoms with Gasteiger partial charge < -0.3 is 20.3 Å². The molecule has 0 aromatic heterocycles. The van der Waals surface area contributed by atoms with Gasteiger partial charge >= 0.3 is 5.97 Å². The van der Waals surface area contributed by atoms with E-state index in [4.69, 9.17) is 4.74 Å². The van der Waals surface area contributed by atoms with E-state index in [1.807, 2.05) is 18.2 Å². The number of benzene rings is 1. The van der Waals surface area contributed by atoms with Crippen molar-refractivity contribution in [1.29, 1.82) is 0 Å². The van der Waals surface area contributed by atoms with Gasteiger partial charge in [0.05, 0.1) is 25.3 Å². The maximum atomic E-state index is 13.3. The van der Waals surface area contributed by atoms with Crippen LogP contribution in [-0.2, 0) is 15.1 Å². The van der Waals surface area contributed by atoms with Crippen molar-refractivity contribution in [2.45, 2.75) is 116 Å². The van der Waals surface area contributed by atoms with E-state index >= 15 is 0 Å². The van der Waals surface area contributed by atoms with Crippen LogP contribution in [0.1, 0.15) is 103 Å². The molecule has 0 amide bonds. The third kappa shape index (κ3) is 4.76. The number of hydrogen-bond acceptors (Lipinski definition) is 4. The minimum Gasteiger partial charge on any atom is -0.454 e. The Labute approximate surface area is 241 Å². The zero-order chi connectivity index (χ0) is 28.1. The average molecular weight is 553 g/mol. The van der Waals surface area contributed by atoms with E-state index in [1.165, 1.54) is 25.7 Å². The van der Waals surface area contributed by atoms with Gasteiger partial charge in [-0.25, -0.2) is 0 Å². The molecule has 0 radical (unpaired) electrons. The Kier molecular flexibility index (Phi) is 7.89. The predicted molar refractivity (Wildman–Crippen MR) is 156 cm³/mol. The largest absolute Gasteiger partial charge is 0.454 e. The van der Waals surface area contributed by atoms with E-state index in [1.54, 1.807) is 0 Å². The minimum absolute atomic E-state index is 0.0627. The van der Waals surface area contributed by atoms with E-state index in [9.17, 15) is 15.0 Å². The van der Waals surface area contributed by atoms with Gasteiger partial charge in [-0.15, -0.1) is 0 Å². The number of hydrogen-bond donors (Lipinski definition) is 3. The molecule has 222 valence electrons. The summed E-state index contributed by atoms with van der Waals surface area (Å²) in [4.78, 5) is 13.3. The standard InChI is InChI=1S/C35H53NO4/c1-23(9-14-32(39)40-35(17-19-36-20-18-35)24-7-5-4-6-8-24)28-12-13-29-27-11-10-25-21-26(37)15-16-33(25,2)30(27)22-31(38)34(28,29)3/h4-8,23,25-31,36-38H,9-22H2,1-3H3/p+1/t23-,25-,26?,27+,28-,29+,30+,31?,33+,34-/m1/s1. The zero-order valence-electron chi connectivity index (χ0n) is 25.2. The molecule has 4 N–H and O–H groups in total. The van der Waals surface area contributed by atoms with Crippen molar-refractivity contribution in [3.05, 3.63) is 35.9 Å². The molecule has 1 heterocycles. The molecular weight excluding hydrogens is 498 g/mol. The van der Waals surface area contributed by atoms with Crippen molar-refractivity contribution in [2.24, 2.45) is 46.3 Å². The summed E-state index contributed by atoms with van der Waals surface area (Å²) in [5, 5.41) is 24.5. The number of carbonyl (C=O) groups excluding carboxylic acids is 1. The summed E-state index contributed by atoms with van der Waals surface area (Å²) >= 11 is 0. The number of carbonyl (C=O) groups is 1. The highest BCUT2D eigenvalue weighted by molar-refractivity contribution is 5.70. The van der Waals surface area contributed by atoms with Gasteiger partial charge in [-0.2, -0.15) is 0 Å². The Morgan fingerprint density at radius 1 is 0.975 bits per heavy atom. The molecule has 2 unspecified atom stereocenters. The Bertz CT molecular complexity index is 1040. The van der Waals surface area contributed by atoms with E-state index in [2.05, 4.69) is 38.2 Å². The molecule has 1 saturated heterocycles. The molecule has 6 rings (SSSR count). The van der Waals surface area contributed by atoms with Crippen LogP contribution in [0.5, 0.6) is 0 Å². The number of aliphatic hydroxyl groups excluding tert-OH is 2. The molecule has 5 aliphatic rings. The summed E-state index contributed by atoms with van der Waals surface area (Å²) in [6.07, 6.45) is 11.4. The first-order chi connectivity index (χ1) is 19.2. The molecule has 0 bridgehead atoms. The highest BCUT2D eigenvalue weighted by Crippen LogP contribution is 2.68. The molecule has 1 aromatic carbocycles. The van der Waals surface area contributed by atoms with E-state index in [0.717, 1.165) is 63.6 Å². The molecule has 5 fully saturated rings. The third-order valence-corrected chi connectivity index (χ3v) is 13.4. The zero-order valence-corrected chi connectivity index (χ0v) is 25.2.